The van der Waals surface area contributed by atoms with Crippen molar-refractivity contribution in [2.24, 2.45) is 0 Å². The molecule has 0 N–H and O–H groups in total. The molecule has 32 heavy (non-hydrogen) atoms. The zero-order chi connectivity index (χ0) is 22.4. The van der Waals surface area contributed by atoms with E-state index in [-0.39, 0.29) is 5.78 Å². The van der Waals surface area contributed by atoms with E-state index >= 15 is 0 Å². The second-order valence-electron chi connectivity index (χ2n) is 7.48. The Morgan fingerprint density at radius 2 is 1.91 bits per heavy atom. The summed E-state index contributed by atoms with van der Waals surface area (Å²) in [7, 11) is 1.61. The Kier molecular flexibility index (Phi) is 4.90. The number of aromatic nitrogens is 4. The van der Waals surface area contributed by atoms with E-state index in [9.17, 15) is 4.79 Å². The normalized spacial score (nSPS) is 15.4. The monoisotopic (exact) mass is 446 g/mol. The highest BCUT2D eigenvalue weighted by Crippen LogP contribution is 2.44. The Hall–Kier alpha value is -3.71. The molecule has 0 fully saturated rings. The van der Waals surface area contributed by atoms with E-state index in [1.807, 2.05) is 42.5 Å². The summed E-state index contributed by atoms with van der Waals surface area (Å²) in [6.07, 6.45) is 1.55. The van der Waals surface area contributed by atoms with Crippen LogP contribution in [0.5, 0.6) is 11.6 Å². The molecule has 4 aromatic rings. The minimum absolute atomic E-state index is 0.0817. The summed E-state index contributed by atoms with van der Waals surface area (Å²) in [4.78, 5) is 21.9. The summed E-state index contributed by atoms with van der Waals surface area (Å²) in [5.41, 5.74) is 3.40. The van der Waals surface area contributed by atoms with Gasteiger partial charge < -0.3 is 9.47 Å². The molecule has 0 amide bonds. The SMILES string of the molecule is COc1ccc([C@@H]2C(C(C)=O)=C(C)Oc3ncn4nc(-c5ccccc5Cl)nc4c32)cc1. The lowest BCUT2D eigenvalue weighted by atomic mass is 9.82. The molecule has 3 heterocycles. The molecule has 0 unspecified atom stereocenters. The number of carbonyl (C=O) groups excluding carboxylic acids is 1. The molecule has 160 valence electrons. The quantitative estimate of drug-likeness (QED) is 0.446. The van der Waals surface area contributed by atoms with Crippen molar-refractivity contribution in [2.45, 2.75) is 19.8 Å². The minimum Gasteiger partial charge on any atom is -0.497 e. The number of methoxy groups -OCH3 is 1. The molecule has 0 saturated carbocycles. The number of hydrogen-bond acceptors (Lipinski definition) is 6. The first-order valence-corrected chi connectivity index (χ1v) is 10.4. The molecule has 8 heteroatoms. The Morgan fingerprint density at radius 1 is 1.16 bits per heavy atom. The topological polar surface area (TPSA) is 78.6 Å². The highest BCUT2D eigenvalue weighted by Gasteiger charge is 2.36. The van der Waals surface area contributed by atoms with Gasteiger partial charge in [-0.25, -0.2) is 14.5 Å². The van der Waals surface area contributed by atoms with Crippen LogP contribution in [-0.2, 0) is 4.79 Å². The van der Waals surface area contributed by atoms with Crippen molar-refractivity contribution in [2.75, 3.05) is 7.11 Å². The summed E-state index contributed by atoms with van der Waals surface area (Å²) < 4.78 is 12.9. The van der Waals surface area contributed by atoms with Crippen molar-refractivity contribution in [3.63, 3.8) is 0 Å². The summed E-state index contributed by atoms with van der Waals surface area (Å²) >= 11 is 6.37. The molecular formula is C24H19ClN4O3. The van der Waals surface area contributed by atoms with Gasteiger partial charge in [0, 0.05) is 17.1 Å². The average molecular weight is 447 g/mol. The van der Waals surface area contributed by atoms with Gasteiger partial charge >= 0.3 is 0 Å². The average Bonchev–Trinajstić information content (AvgIpc) is 3.22. The smallest absolute Gasteiger partial charge is 0.228 e. The second kappa shape index (κ2) is 7.76. The van der Waals surface area contributed by atoms with Crippen LogP contribution in [0.1, 0.15) is 30.9 Å². The van der Waals surface area contributed by atoms with Gasteiger partial charge in [0.25, 0.3) is 0 Å². The maximum absolute atomic E-state index is 12.7. The number of allylic oxidation sites excluding steroid dienone is 2. The van der Waals surface area contributed by atoms with E-state index in [2.05, 4.69) is 10.1 Å². The van der Waals surface area contributed by atoms with Crippen molar-refractivity contribution >= 4 is 23.0 Å². The van der Waals surface area contributed by atoms with E-state index in [0.29, 0.717) is 44.8 Å². The van der Waals surface area contributed by atoms with Crippen LogP contribution in [0.3, 0.4) is 0 Å². The van der Waals surface area contributed by atoms with Crippen molar-refractivity contribution in [1.82, 2.24) is 19.6 Å². The third-order valence-corrected chi connectivity index (χ3v) is 5.87. The van der Waals surface area contributed by atoms with Crippen LogP contribution in [0.2, 0.25) is 5.02 Å². The lowest BCUT2D eigenvalue weighted by Gasteiger charge is -2.28. The van der Waals surface area contributed by atoms with E-state index in [4.69, 9.17) is 26.1 Å². The first kappa shape index (κ1) is 20.2. The van der Waals surface area contributed by atoms with Gasteiger partial charge in [-0.1, -0.05) is 35.9 Å². The molecule has 2 aromatic carbocycles. The Balaban J connectivity index is 1.77. The number of Topliss-reactive ketones (excluding diaryl/α,β-unsaturated/α-hetero) is 1. The first-order chi connectivity index (χ1) is 15.5. The van der Waals surface area contributed by atoms with Crippen LogP contribution in [-0.4, -0.2) is 32.5 Å². The van der Waals surface area contributed by atoms with Gasteiger partial charge in [0.05, 0.1) is 17.7 Å². The first-order valence-electron chi connectivity index (χ1n) is 10.0. The van der Waals surface area contributed by atoms with E-state index in [1.165, 1.54) is 6.92 Å². The predicted octanol–water partition coefficient (Wildman–Crippen LogP) is 4.84. The number of hydrogen-bond donors (Lipinski definition) is 0. The Morgan fingerprint density at radius 3 is 2.59 bits per heavy atom. The largest absolute Gasteiger partial charge is 0.497 e. The molecule has 1 aliphatic rings. The van der Waals surface area contributed by atoms with Gasteiger partial charge in [0.1, 0.15) is 17.8 Å². The molecule has 1 aliphatic heterocycles. The fourth-order valence-corrected chi connectivity index (χ4v) is 4.30. The molecule has 5 rings (SSSR count). The number of ether oxygens (including phenoxy) is 2. The van der Waals surface area contributed by atoms with E-state index in [1.54, 1.807) is 30.9 Å². The molecule has 0 saturated heterocycles. The van der Waals surface area contributed by atoms with Crippen LogP contribution >= 0.6 is 11.6 Å². The number of ketones is 1. The fraction of sp³-hybridized carbons (Fsp3) is 0.167. The number of carbonyl (C=O) groups is 1. The minimum atomic E-state index is -0.415. The number of rotatable bonds is 4. The van der Waals surface area contributed by atoms with Crippen molar-refractivity contribution < 1.29 is 14.3 Å². The Bertz CT molecular complexity index is 1390. The van der Waals surface area contributed by atoms with Crippen LogP contribution in [0.4, 0.5) is 0 Å². The maximum Gasteiger partial charge on any atom is 0.228 e. The fourth-order valence-electron chi connectivity index (χ4n) is 4.08. The van der Waals surface area contributed by atoms with E-state index in [0.717, 1.165) is 11.3 Å². The lowest BCUT2D eigenvalue weighted by molar-refractivity contribution is -0.114. The number of halogens is 1. The van der Waals surface area contributed by atoms with Crippen LogP contribution in [0.15, 0.2) is 66.2 Å². The molecule has 1 atom stereocenters. The highest BCUT2D eigenvalue weighted by molar-refractivity contribution is 6.33. The summed E-state index contributed by atoms with van der Waals surface area (Å²) in [5, 5.41) is 5.13. The van der Waals surface area contributed by atoms with Gasteiger partial charge in [0.15, 0.2) is 17.3 Å². The van der Waals surface area contributed by atoms with Crippen LogP contribution < -0.4 is 9.47 Å². The number of benzene rings is 2. The molecule has 0 radical (unpaired) electrons. The second-order valence-corrected chi connectivity index (χ2v) is 7.89. The van der Waals surface area contributed by atoms with Gasteiger partial charge in [0.2, 0.25) is 5.88 Å². The third-order valence-electron chi connectivity index (χ3n) is 5.54. The molecular weight excluding hydrogens is 428 g/mol. The lowest BCUT2D eigenvalue weighted by Crippen LogP contribution is -2.22. The highest BCUT2D eigenvalue weighted by atomic mass is 35.5. The van der Waals surface area contributed by atoms with Gasteiger partial charge in [-0.15, -0.1) is 5.10 Å². The van der Waals surface area contributed by atoms with Crippen molar-refractivity contribution in [1.29, 1.82) is 0 Å². The van der Waals surface area contributed by atoms with E-state index < -0.39 is 5.92 Å². The standard InChI is InChI=1S/C24H19ClN4O3/c1-13(30)19-14(2)32-24-21(20(19)15-8-10-16(31-3)11-9-15)23-27-22(28-29(23)12-26-24)17-6-4-5-7-18(17)25/h4-12,20H,1-3H3/t20-/m1/s1. The Labute approximate surface area is 189 Å². The molecule has 2 aromatic heterocycles. The van der Waals surface area contributed by atoms with Crippen LogP contribution in [0, 0.1) is 0 Å². The summed E-state index contributed by atoms with van der Waals surface area (Å²) in [6.45, 7) is 3.32. The predicted molar refractivity (Wildman–Crippen MR) is 120 cm³/mol. The van der Waals surface area contributed by atoms with Crippen molar-refractivity contribution in [3.05, 3.63) is 82.3 Å². The van der Waals surface area contributed by atoms with Crippen molar-refractivity contribution in [3.8, 4) is 23.0 Å². The summed E-state index contributed by atoms with van der Waals surface area (Å²) in [6, 6.07) is 15.0. The van der Waals surface area contributed by atoms with Gasteiger partial charge in [-0.2, -0.15) is 0 Å². The molecule has 0 aliphatic carbocycles. The number of nitrogens with zero attached hydrogens (tertiary/aromatic N) is 4. The number of fused-ring (bicyclic) bond motifs is 3. The summed E-state index contributed by atoms with van der Waals surface area (Å²) in [5.74, 6) is 1.62. The maximum atomic E-state index is 12.7. The van der Waals surface area contributed by atoms with Gasteiger partial charge in [-0.05, 0) is 43.7 Å². The molecule has 0 spiro atoms. The van der Waals surface area contributed by atoms with Gasteiger partial charge in [-0.3, -0.25) is 4.79 Å². The molecule has 0 bridgehead atoms. The molecule has 7 nitrogen and oxygen atoms in total. The third kappa shape index (κ3) is 3.22. The van der Waals surface area contributed by atoms with Crippen LogP contribution in [0.25, 0.3) is 17.0 Å². The zero-order valence-corrected chi connectivity index (χ0v) is 18.4. The zero-order valence-electron chi connectivity index (χ0n) is 17.7.